The maximum atomic E-state index is 6.01. The number of imidazole rings is 2. The molecule has 0 radical (unpaired) electrons. The van der Waals surface area contributed by atoms with Gasteiger partial charge in [-0.25, -0.2) is 9.97 Å². The molecule has 3 heterocycles. The predicted octanol–water partition coefficient (Wildman–Crippen LogP) is 9.45. The number of aromatic nitrogens is 4. The minimum Gasteiger partial charge on any atom is -0.350 e. The zero-order valence-corrected chi connectivity index (χ0v) is 27.1. The van der Waals surface area contributed by atoms with Crippen LogP contribution in [0, 0.1) is 5.92 Å². The molecule has 6 aromatic rings. The molecule has 0 atom stereocenters. The SMILES string of the molecule is c1ccc(-c2nc(SCCC(CCSc3nc(-c4ccccc4)c(-c4ccccc4)[nH]3)C3OCCO3)[nH]c2-c2ccccc2)cc1. The fourth-order valence-corrected chi connectivity index (χ4v) is 7.64. The van der Waals surface area contributed by atoms with Crippen LogP contribution >= 0.6 is 23.5 Å². The van der Waals surface area contributed by atoms with Crippen molar-refractivity contribution >= 4 is 23.5 Å². The number of nitrogens with one attached hydrogen (secondary N) is 2. The standard InChI is InChI=1S/C38H36N4O2S2/c1-5-13-27(14-6-1)32-33(28-15-7-2-8-16-28)40-37(39-32)45-25-21-31(36-43-23-24-44-36)22-26-46-38-41-34(29-17-9-3-10-18-29)35(42-38)30-19-11-4-12-20-30/h1-20,31,36H,21-26H2,(H,39,40)(H,41,42). The van der Waals surface area contributed by atoms with Gasteiger partial charge in [0.25, 0.3) is 0 Å². The molecule has 0 spiro atoms. The van der Waals surface area contributed by atoms with E-state index in [2.05, 4.69) is 107 Å². The Labute approximate surface area is 278 Å². The summed E-state index contributed by atoms with van der Waals surface area (Å²) in [6.45, 7) is 1.30. The molecule has 1 aliphatic rings. The van der Waals surface area contributed by atoms with E-state index in [1.54, 1.807) is 23.5 Å². The number of ether oxygens (including phenoxy) is 2. The number of benzene rings is 4. The first-order valence-corrected chi connectivity index (χ1v) is 17.7. The Morgan fingerprint density at radius 3 is 1.30 bits per heavy atom. The number of nitrogens with zero attached hydrogens (tertiary/aromatic N) is 2. The van der Waals surface area contributed by atoms with Crippen LogP contribution in [0.2, 0.25) is 0 Å². The molecule has 4 aromatic carbocycles. The highest BCUT2D eigenvalue weighted by Crippen LogP contribution is 2.36. The highest BCUT2D eigenvalue weighted by molar-refractivity contribution is 7.99. The molecule has 0 bridgehead atoms. The van der Waals surface area contributed by atoms with Crippen LogP contribution < -0.4 is 0 Å². The Hall–Kier alpha value is -4.08. The van der Waals surface area contributed by atoms with E-state index in [9.17, 15) is 0 Å². The average molecular weight is 645 g/mol. The average Bonchev–Trinajstić information content (AvgIpc) is 3.90. The van der Waals surface area contributed by atoms with Gasteiger partial charge in [0.05, 0.1) is 36.0 Å². The second-order valence-electron chi connectivity index (χ2n) is 11.1. The van der Waals surface area contributed by atoms with Crippen molar-refractivity contribution in [2.24, 2.45) is 5.92 Å². The van der Waals surface area contributed by atoms with Crippen molar-refractivity contribution in [3.05, 3.63) is 121 Å². The second kappa shape index (κ2) is 15.0. The van der Waals surface area contributed by atoms with Crippen LogP contribution in [0.25, 0.3) is 45.0 Å². The van der Waals surface area contributed by atoms with Gasteiger partial charge in [-0.05, 0) is 12.8 Å². The van der Waals surface area contributed by atoms with E-state index in [0.29, 0.717) is 13.2 Å². The van der Waals surface area contributed by atoms with Crippen molar-refractivity contribution in [3.63, 3.8) is 0 Å². The van der Waals surface area contributed by atoms with Crippen molar-refractivity contribution in [1.82, 2.24) is 19.9 Å². The lowest BCUT2D eigenvalue weighted by Gasteiger charge is -2.21. The summed E-state index contributed by atoms with van der Waals surface area (Å²) in [7, 11) is 0. The van der Waals surface area contributed by atoms with Crippen molar-refractivity contribution < 1.29 is 9.47 Å². The molecule has 8 heteroatoms. The molecule has 0 unspecified atom stereocenters. The largest absolute Gasteiger partial charge is 0.350 e. The maximum absolute atomic E-state index is 6.01. The molecule has 0 aliphatic carbocycles. The molecule has 2 N–H and O–H groups in total. The summed E-state index contributed by atoms with van der Waals surface area (Å²) >= 11 is 3.52. The van der Waals surface area contributed by atoms with E-state index in [1.807, 2.05) is 24.3 Å². The Kier molecular flexibility index (Phi) is 9.97. The third-order valence-corrected chi connectivity index (χ3v) is 9.88. The zero-order valence-electron chi connectivity index (χ0n) is 25.5. The summed E-state index contributed by atoms with van der Waals surface area (Å²) in [4.78, 5) is 17.3. The first-order valence-electron chi connectivity index (χ1n) is 15.7. The van der Waals surface area contributed by atoms with Gasteiger partial charge in [-0.3, -0.25) is 0 Å². The van der Waals surface area contributed by atoms with Crippen LogP contribution in [0.5, 0.6) is 0 Å². The van der Waals surface area contributed by atoms with Gasteiger partial charge >= 0.3 is 0 Å². The van der Waals surface area contributed by atoms with Crippen LogP contribution in [-0.4, -0.2) is 50.9 Å². The first kappa shape index (κ1) is 30.6. The van der Waals surface area contributed by atoms with Crippen LogP contribution in [0.1, 0.15) is 12.8 Å². The molecule has 0 saturated carbocycles. The summed E-state index contributed by atoms with van der Waals surface area (Å²) in [6.07, 6.45) is 1.75. The van der Waals surface area contributed by atoms with E-state index < -0.39 is 0 Å². The van der Waals surface area contributed by atoms with E-state index in [1.165, 1.54) is 0 Å². The lowest BCUT2D eigenvalue weighted by atomic mass is 10.0. The summed E-state index contributed by atoms with van der Waals surface area (Å²) in [5, 5.41) is 1.85. The lowest BCUT2D eigenvalue weighted by molar-refractivity contribution is -0.0845. The van der Waals surface area contributed by atoms with E-state index in [-0.39, 0.29) is 12.2 Å². The third-order valence-electron chi connectivity index (χ3n) is 8.07. The monoisotopic (exact) mass is 644 g/mol. The van der Waals surface area contributed by atoms with Crippen molar-refractivity contribution in [3.8, 4) is 45.0 Å². The number of rotatable bonds is 13. The predicted molar refractivity (Wildman–Crippen MR) is 189 cm³/mol. The molecule has 232 valence electrons. The van der Waals surface area contributed by atoms with Gasteiger partial charge in [0, 0.05) is 39.7 Å². The molecule has 1 aliphatic heterocycles. The number of H-pyrrole nitrogens is 2. The van der Waals surface area contributed by atoms with Crippen LogP contribution in [-0.2, 0) is 9.47 Å². The molecule has 2 aromatic heterocycles. The number of thioether (sulfide) groups is 2. The fraction of sp³-hybridized carbons (Fsp3) is 0.211. The van der Waals surface area contributed by atoms with Gasteiger partial charge in [-0.1, -0.05) is 145 Å². The van der Waals surface area contributed by atoms with Gasteiger partial charge in [-0.15, -0.1) is 0 Å². The van der Waals surface area contributed by atoms with Gasteiger partial charge in [0.15, 0.2) is 16.6 Å². The van der Waals surface area contributed by atoms with Crippen LogP contribution in [0.15, 0.2) is 132 Å². The highest BCUT2D eigenvalue weighted by Gasteiger charge is 2.27. The minimum atomic E-state index is -0.172. The third kappa shape index (κ3) is 7.32. The molecule has 0 amide bonds. The first-order chi connectivity index (χ1) is 22.8. The second-order valence-corrected chi connectivity index (χ2v) is 13.3. The summed E-state index contributed by atoms with van der Waals surface area (Å²) in [5.41, 5.74) is 8.53. The normalized spacial score (nSPS) is 13.5. The molecule has 6 nitrogen and oxygen atoms in total. The van der Waals surface area contributed by atoms with E-state index >= 15 is 0 Å². The number of hydrogen-bond donors (Lipinski definition) is 2. The lowest BCUT2D eigenvalue weighted by Crippen LogP contribution is -2.23. The van der Waals surface area contributed by atoms with Gasteiger partial charge in [0.1, 0.15) is 0 Å². The van der Waals surface area contributed by atoms with Gasteiger partial charge in [0.2, 0.25) is 0 Å². The highest BCUT2D eigenvalue weighted by atomic mass is 32.2. The number of hydrogen-bond acceptors (Lipinski definition) is 6. The fourth-order valence-electron chi connectivity index (χ4n) is 5.76. The van der Waals surface area contributed by atoms with Gasteiger partial charge < -0.3 is 19.4 Å². The van der Waals surface area contributed by atoms with E-state index in [0.717, 1.165) is 79.7 Å². The van der Waals surface area contributed by atoms with Gasteiger partial charge in [-0.2, -0.15) is 0 Å². The summed E-state index contributed by atoms with van der Waals surface area (Å²) in [5.74, 6) is 2.09. The van der Waals surface area contributed by atoms with Crippen molar-refractivity contribution in [1.29, 1.82) is 0 Å². The minimum absolute atomic E-state index is 0.172. The van der Waals surface area contributed by atoms with Crippen molar-refractivity contribution in [2.75, 3.05) is 24.7 Å². The quantitative estimate of drug-likeness (QED) is 0.122. The van der Waals surface area contributed by atoms with Crippen LogP contribution in [0.4, 0.5) is 0 Å². The Morgan fingerprint density at radius 2 is 0.913 bits per heavy atom. The summed E-state index contributed by atoms with van der Waals surface area (Å²) in [6, 6.07) is 41.6. The zero-order chi connectivity index (χ0) is 31.0. The molecule has 1 saturated heterocycles. The Balaban J connectivity index is 1.03. The molecule has 46 heavy (non-hydrogen) atoms. The Morgan fingerprint density at radius 1 is 0.543 bits per heavy atom. The number of aromatic amines is 2. The topological polar surface area (TPSA) is 75.8 Å². The van der Waals surface area contributed by atoms with Crippen molar-refractivity contribution in [2.45, 2.75) is 29.4 Å². The maximum Gasteiger partial charge on any atom is 0.166 e. The molecular weight excluding hydrogens is 609 g/mol. The molecular formula is C38H36N4O2S2. The molecule has 1 fully saturated rings. The summed E-state index contributed by atoms with van der Waals surface area (Å²) < 4.78 is 12.0. The Bertz CT molecular complexity index is 1560. The molecule has 7 rings (SSSR count). The van der Waals surface area contributed by atoms with E-state index in [4.69, 9.17) is 19.4 Å². The smallest absolute Gasteiger partial charge is 0.166 e. The van der Waals surface area contributed by atoms with Crippen LogP contribution in [0.3, 0.4) is 0 Å².